The van der Waals surface area contributed by atoms with Crippen LogP contribution in [0.5, 0.6) is 0 Å². The number of nitrogens with one attached hydrogen (secondary N) is 2. The lowest BCUT2D eigenvalue weighted by molar-refractivity contribution is 0.188. The van der Waals surface area contributed by atoms with Crippen LogP contribution in [0.4, 0.5) is 0 Å². The van der Waals surface area contributed by atoms with Gasteiger partial charge in [-0.05, 0) is 64.6 Å². The first-order valence-corrected chi connectivity index (χ1v) is 8.09. The first-order valence-electron chi connectivity index (χ1n) is 8.09. The number of aliphatic imine (C=N–C) groups is 1. The molecule has 2 fully saturated rings. The van der Waals surface area contributed by atoms with Gasteiger partial charge in [0.05, 0.1) is 0 Å². The van der Waals surface area contributed by atoms with E-state index in [0.717, 1.165) is 25.0 Å². The van der Waals surface area contributed by atoms with Gasteiger partial charge in [-0.1, -0.05) is 6.92 Å². The Kier molecular flexibility index (Phi) is 5.95. The van der Waals surface area contributed by atoms with Crippen LogP contribution in [-0.4, -0.2) is 49.6 Å². The summed E-state index contributed by atoms with van der Waals surface area (Å²) in [5.74, 6) is 1.81. The molecular weight excluding hydrogens is 236 g/mol. The summed E-state index contributed by atoms with van der Waals surface area (Å²) < 4.78 is 0. The van der Waals surface area contributed by atoms with Gasteiger partial charge in [0.1, 0.15) is 0 Å². The Bertz CT molecular complexity index is 278. The van der Waals surface area contributed by atoms with E-state index in [-0.39, 0.29) is 0 Å². The molecule has 0 spiro atoms. The van der Waals surface area contributed by atoms with Crippen molar-refractivity contribution in [2.24, 2.45) is 10.9 Å². The molecule has 2 aliphatic rings. The van der Waals surface area contributed by atoms with E-state index in [1.54, 1.807) is 0 Å². The predicted octanol–water partition coefficient (Wildman–Crippen LogP) is 1.83. The van der Waals surface area contributed by atoms with Crippen molar-refractivity contribution in [2.45, 2.75) is 52.0 Å². The highest BCUT2D eigenvalue weighted by Gasteiger charge is 2.23. The van der Waals surface area contributed by atoms with Gasteiger partial charge < -0.3 is 15.5 Å². The van der Waals surface area contributed by atoms with Crippen molar-refractivity contribution >= 4 is 5.96 Å². The Hall–Kier alpha value is -0.770. The number of hydrogen-bond donors (Lipinski definition) is 2. The van der Waals surface area contributed by atoms with Crippen molar-refractivity contribution in [1.29, 1.82) is 0 Å². The fourth-order valence-electron chi connectivity index (χ4n) is 2.67. The molecule has 1 aliphatic carbocycles. The van der Waals surface area contributed by atoms with Gasteiger partial charge in [0.2, 0.25) is 0 Å². The second-order valence-corrected chi connectivity index (χ2v) is 5.92. The molecule has 19 heavy (non-hydrogen) atoms. The van der Waals surface area contributed by atoms with Crippen LogP contribution in [0.25, 0.3) is 0 Å². The maximum atomic E-state index is 4.76. The molecule has 4 heteroatoms. The fraction of sp³-hybridized carbons (Fsp3) is 0.933. The largest absolute Gasteiger partial charge is 0.357 e. The number of hydrogen-bond acceptors (Lipinski definition) is 2. The van der Waals surface area contributed by atoms with E-state index in [9.17, 15) is 0 Å². The molecule has 0 aromatic carbocycles. The lowest BCUT2D eigenvalue weighted by Crippen LogP contribution is -2.39. The molecule has 0 aromatic rings. The summed E-state index contributed by atoms with van der Waals surface area (Å²) in [5, 5.41) is 6.84. The monoisotopic (exact) mass is 266 g/mol. The lowest BCUT2D eigenvalue weighted by Gasteiger charge is -2.31. The highest BCUT2D eigenvalue weighted by atomic mass is 15.2. The molecule has 0 bridgehead atoms. The van der Waals surface area contributed by atoms with Crippen LogP contribution < -0.4 is 10.6 Å². The van der Waals surface area contributed by atoms with Crippen LogP contribution in [0, 0.1) is 5.92 Å². The molecule has 1 heterocycles. The Morgan fingerprint density at radius 2 is 1.89 bits per heavy atom. The Balaban J connectivity index is 1.70. The first-order chi connectivity index (χ1) is 9.31. The standard InChI is InChI=1S/C15H30N4/c1-3-9-19-10-7-13(8-11-19)12-17-15(16-4-2)18-14-5-6-14/h13-14H,3-12H2,1-2H3,(H2,16,17,18). The third-order valence-electron chi connectivity index (χ3n) is 4.02. The zero-order valence-electron chi connectivity index (χ0n) is 12.6. The topological polar surface area (TPSA) is 39.7 Å². The number of piperidine rings is 1. The average molecular weight is 266 g/mol. The van der Waals surface area contributed by atoms with Crippen molar-refractivity contribution in [3.8, 4) is 0 Å². The third kappa shape index (κ3) is 5.39. The van der Waals surface area contributed by atoms with Gasteiger partial charge in [-0.25, -0.2) is 0 Å². The number of rotatable bonds is 6. The van der Waals surface area contributed by atoms with Crippen molar-refractivity contribution in [3.05, 3.63) is 0 Å². The molecule has 1 aliphatic heterocycles. The lowest BCUT2D eigenvalue weighted by atomic mass is 9.97. The van der Waals surface area contributed by atoms with Gasteiger partial charge >= 0.3 is 0 Å². The molecule has 1 saturated heterocycles. The molecule has 2 rings (SSSR count). The summed E-state index contributed by atoms with van der Waals surface area (Å²) in [4.78, 5) is 7.36. The summed E-state index contributed by atoms with van der Waals surface area (Å²) in [6, 6.07) is 0.684. The van der Waals surface area contributed by atoms with Crippen molar-refractivity contribution in [3.63, 3.8) is 0 Å². The summed E-state index contributed by atoms with van der Waals surface area (Å²) in [7, 11) is 0. The predicted molar refractivity (Wildman–Crippen MR) is 81.6 cm³/mol. The average Bonchev–Trinajstić information content (AvgIpc) is 3.22. The van der Waals surface area contributed by atoms with Gasteiger partial charge in [0, 0.05) is 19.1 Å². The van der Waals surface area contributed by atoms with E-state index in [1.165, 1.54) is 51.7 Å². The Morgan fingerprint density at radius 1 is 1.16 bits per heavy atom. The molecule has 0 radical (unpaired) electrons. The minimum absolute atomic E-state index is 0.684. The number of nitrogens with zero attached hydrogens (tertiary/aromatic N) is 2. The second-order valence-electron chi connectivity index (χ2n) is 5.92. The molecule has 0 amide bonds. The van der Waals surface area contributed by atoms with Crippen LogP contribution in [0.2, 0.25) is 0 Å². The van der Waals surface area contributed by atoms with Crippen LogP contribution in [0.3, 0.4) is 0 Å². The zero-order chi connectivity index (χ0) is 13.5. The van der Waals surface area contributed by atoms with Gasteiger partial charge in [-0.15, -0.1) is 0 Å². The zero-order valence-corrected chi connectivity index (χ0v) is 12.6. The summed E-state index contributed by atoms with van der Waals surface area (Å²) >= 11 is 0. The maximum absolute atomic E-state index is 4.76. The molecule has 0 unspecified atom stereocenters. The van der Waals surface area contributed by atoms with Crippen LogP contribution >= 0.6 is 0 Å². The van der Waals surface area contributed by atoms with Gasteiger partial charge in [0.25, 0.3) is 0 Å². The first kappa shape index (κ1) is 14.6. The van der Waals surface area contributed by atoms with Crippen LogP contribution in [-0.2, 0) is 0 Å². The molecule has 0 atom stereocenters. The van der Waals surface area contributed by atoms with Crippen LogP contribution in [0.1, 0.15) is 46.0 Å². The van der Waals surface area contributed by atoms with E-state index in [2.05, 4.69) is 29.4 Å². The smallest absolute Gasteiger partial charge is 0.191 e. The fourth-order valence-corrected chi connectivity index (χ4v) is 2.67. The maximum Gasteiger partial charge on any atom is 0.191 e. The Labute approximate surface area is 118 Å². The summed E-state index contributed by atoms with van der Waals surface area (Å²) in [6.45, 7) is 10.1. The number of likely N-dealkylation sites (tertiary alicyclic amines) is 1. The van der Waals surface area contributed by atoms with Gasteiger partial charge in [-0.3, -0.25) is 4.99 Å². The van der Waals surface area contributed by atoms with Gasteiger partial charge in [-0.2, -0.15) is 0 Å². The SMILES string of the molecule is CCCN1CCC(CN=C(NCC)NC2CC2)CC1. The Morgan fingerprint density at radius 3 is 2.47 bits per heavy atom. The summed E-state index contributed by atoms with van der Waals surface area (Å²) in [5.41, 5.74) is 0. The van der Waals surface area contributed by atoms with Crippen molar-refractivity contribution in [2.75, 3.05) is 32.7 Å². The van der Waals surface area contributed by atoms with Crippen molar-refractivity contribution < 1.29 is 0 Å². The molecule has 2 N–H and O–H groups in total. The van der Waals surface area contributed by atoms with E-state index < -0.39 is 0 Å². The van der Waals surface area contributed by atoms with Crippen LogP contribution in [0.15, 0.2) is 4.99 Å². The molecular formula is C15H30N4. The van der Waals surface area contributed by atoms with Crippen molar-refractivity contribution in [1.82, 2.24) is 15.5 Å². The van der Waals surface area contributed by atoms with Gasteiger partial charge in [0.15, 0.2) is 5.96 Å². The molecule has 0 aromatic heterocycles. The molecule has 4 nitrogen and oxygen atoms in total. The van der Waals surface area contributed by atoms with E-state index in [4.69, 9.17) is 4.99 Å². The van der Waals surface area contributed by atoms with E-state index in [0.29, 0.717) is 6.04 Å². The highest BCUT2D eigenvalue weighted by molar-refractivity contribution is 5.80. The van der Waals surface area contributed by atoms with E-state index in [1.807, 2.05) is 0 Å². The quantitative estimate of drug-likeness (QED) is 0.569. The normalized spacial score (nSPS) is 22.5. The molecule has 1 saturated carbocycles. The third-order valence-corrected chi connectivity index (χ3v) is 4.02. The number of guanidine groups is 1. The van der Waals surface area contributed by atoms with E-state index >= 15 is 0 Å². The minimum atomic E-state index is 0.684. The minimum Gasteiger partial charge on any atom is -0.357 e. The second kappa shape index (κ2) is 7.73. The molecule has 110 valence electrons. The highest BCUT2D eigenvalue weighted by Crippen LogP contribution is 2.19. The summed E-state index contributed by atoms with van der Waals surface area (Å²) in [6.07, 6.45) is 6.51.